The molecule has 0 atom stereocenters. The van der Waals surface area contributed by atoms with Gasteiger partial charge >= 0.3 is 0 Å². The molecule has 1 amide bonds. The van der Waals surface area contributed by atoms with Crippen LogP contribution in [0.5, 0.6) is 0 Å². The number of fused-ring (bicyclic) bond motifs is 1. The molecule has 0 radical (unpaired) electrons. The number of aromatic nitrogens is 2. The van der Waals surface area contributed by atoms with E-state index in [1.807, 2.05) is 30.3 Å². The van der Waals surface area contributed by atoms with Crippen LogP contribution in [0.2, 0.25) is 0 Å². The number of amides is 1. The Morgan fingerprint density at radius 1 is 1.09 bits per heavy atom. The van der Waals surface area contributed by atoms with Gasteiger partial charge in [0.2, 0.25) is 0 Å². The van der Waals surface area contributed by atoms with Gasteiger partial charge in [-0.15, -0.1) is 0 Å². The molecule has 7 nitrogen and oxygen atoms in total. The van der Waals surface area contributed by atoms with E-state index in [9.17, 15) is 14.7 Å². The number of pyridine rings is 2. The van der Waals surface area contributed by atoms with Gasteiger partial charge in [0.25, 0.3) is 11.5 Å². The molecule has 7 heteroatoms. The fourth-order valence-corrected chi connectivity index (χ4v) is 3.86. The Kier molecular flexibility index (Phi) is 6.00. The molecule has 0 saturated heterocycles. The maximum Gasteiger partial charge on any atom is 0.258 e. The van der Waals surface area contributed by atoms with E-state index < -0.39 is 0 Å². The summed E-state index contributed by atoms with van der Waals surface area (Å²) in [5.41, 5.74) is 9.76. The highest BCUT2D eigenvalue weighted by atomic mass is 16.3. The fraction of sp³-hybridized carbons (Fsp3) is 0.160. The summed E-state index contributed by atoms with van der Waals surface area (Å²) in [5.74, 6) is 0.246. The quantitative estimate of drug-likeness (QED) is 0.437. The highest BCUT2D eigenvalue weighted by Gasteiger charge is 2.12. The number of nitrogens with one attached hydrogen (secondary N) is 1. The van der Waals surface area contributed by atoms with Crippen LogP contribution in [0.25, 0.3) is 21.9 Å². The molecule has 2 heterocycles. The normalized spacial score (nSPS) is 10.9. The van der Waals surface area contributed by atoms with Gasteiger partial charge < -0.3 is 20.7 Å². The zero-order valence-electron chi connectivity index (χ0n) is 17.7. The summed E-state index contributed by atoms with van der Waals surface area (Å²) < 4.78 is 1.63. The lowest BCUT2D eigenvalue weighted by Gasteiger charge is -2.14. The Balaban J connectivity index is 1.80. The first-order chi connectivity index (χ1) is 15.5. The third kappa shape index (κ3) is 4.24. The molecule has 0 aliphatic rings. The van der Waals surface area contributed by atoms with Crippen molar-refractivity contribution in [3.8, 4) is 11.1 Å². The number of rotatable bonds is 6. The minimum Gasteiger partial charge on any atom is -0.396 e. The number of hydrogen-bond acceptors (Lipinski definition) is 5. The number of carbonyl (C=O) groups excluding carboxylic acids is 1. The summed E-state index contributed by atoms with van der Waals surface area (Å²) in [6.07, 6.45) is 3.85. The topological polar surface area (TPSA) is 110 Å². The average Bonchev–Trinajstić information content (AvgIpc) is 2.81. The maximum absolute atomic E-state index is 13.3. The van der Waals surface area contributed by atoms with E-state index in [2.05, 4.69) is 10.3 Å². The second-order valence-electron chi connectivity index (χ2n) is 7.57. The van der Waals surface area contributed by atoms with E-state index in [0.29, 0.717) is 29.7 Å². The maximum atomic E-state index is 13.3. The molecule has 4 rings (SSSR count). The molecule has 4 aromatic rings. The first kappa shape index (κ1) is 21.3. The predicted octanol–water partition coefficient (Wildman–Crippen LogP) is 2.59. The number of anilines is 1. The molecular weight excluding hydrogens is 404 g/mol. The first-order valence-corrected chi connectivity index (χ1v) is 10.3. The molecule has 0 aliphatic heterocycles. The molecule has 0 aliphatic carbocycles. The monoisotopic (exact) mass is 428 g/mol. The Labute approximate surface area is 185 Å². The zero-order chi connectivity index (χ0) is 22.7. The van der Waals surface area contributed by atoms with Crippen LogP contribution in [0.3, 0.4) is 0 Å². The van der Waals surface area contributed by atoms with Crippen LogP contribution in [-0.2, 0) is 13.0 Å². The number of nitrogen functional groups attached to an aromatic ring is 1. The molecule has 32 heavy (non-hydrogen) atoms. The predicted molar refractivity (Wildman–Crippen MR) is 126 cm³/mol. The summed E-state index contributed by atoms with van der Waals surface area (Å²) >= 11 is 0. The van der Waals surface area contributed by atoms with E-state index in [4.69, 9.17) is 5.73 Å². The Hall–Kier alpha value is -3.97. The van der Waals surface area contributed by atoms with Crippen LogP contribution in [0, 0.1) is 0 Å². The van der Waals surface area contributed by atoms with Crippen molar-refractivity contribution < 1.29 is 9.90 Å². The van der Waals surface area contributed by atoms with Crippen LogP contribution in [0.1, 0.15) is 21.5 Å². The van der Waals surface area contributed by atoms with E-state index in [1.165, 1.54) is 0 Å². The molecule has 0 saturated carbocycles. The molecule has 162 valence electrons. The van der Waals surface area contributed by atoms with Crippen molar-refractivity contribution in [2.24, 2.45) is 0 Å². The van der Waals surface area contributed by atoms with Crippen LogP contribution in [-0.4, -0.2) is 34.2 Å². The minimum atomic E-state index is -0.178. The number of aliphatic hydroxyl groups is 1. The number of benzene rings is 2. The summed E-state index contributed by atoms with van der Waals surface area (Å²) in [4.78, 5) is 29.2. The molecule has 2 aromatic carbocycles. The van der Waals surface area contributed by atoms with Crippen molar-refractivity contribution in [2.75, 3.05) is 19.4 Å². The molecule has 0 bridgehead atoms. The Morgan fingerprint density at radius 3 is 2.66 bits per heavy atom. The van der Waals surface area contributed by atoms with Gasteiger partial charge in [-0.3, -0.25) is 9.59 Å². The van der Waals surface area contributed by atoms with Crippen LogP contribution in [0.15, 0.2) is 71.8 Å². The van der Waals surface area contributed by atoms with Crippen LogP contribution in [0.4, 0.5) is 5.82 Å². The summed E-state index contributed by atoms with van der Waals surface area (Å²) in [6.45, 7) is 0.284. The third-order valence-corrected chi connectivity index (χ3v) is 5.43. The van der Waals surface area contributed by atoms with Gasteiger partial charge in [-0.1, -0.05) is 18.2 Å². The van der Waals surface area contributed by atoms with E-state index in [0.717, 1.165) is 27.6 Å². The molecular formula is C25H24N4O3. The van der Waals surface area contributed by atoms with Gasteiger partial charge in [-0.05, 0) is 70.5 Å². The highest BCUT2D eigenvalue weighted by molar-refractivity contribution is 5.94. The van der Waals surface area contributed by atoms with Crippen LogP contribution >= 0.6 is 0 Å². The van der Waals surface area contributed by atoms with Gasteiger partial charge in [-0.25, -0.2) is 4.98 Å². The fourth-order valence-electron chi connectivity index (χ4n) is 3.86. The molecule has 4 N–H and O–H groups in total. The second-order valence-corrected chi connectivity index (χ2v) is 7.57. The van der Waals surface area contributed by atoms with E-state index in [-0.39, 0.29) is 18.1 Å². The van der Waals surface area contributed by atoms with Gasteiger partial charge in [-0.2, -0.15) is 0 Å². The van der Waals surface area contributed by atoms with Gasteiger partial charge in [0.1, 0.15) is 5.82 Å². The Morgan fingerprint density at radius 2 is 1.91 bits per heavy atom. The Bertz CT molecular complexity index is 1360. The SMILES string of the molecule is CNC(=O)c1cccc(Cn2cc(CCO)c3cc(-c4ccnc(N)c4)ccc3c2=O)c1. The number of aliphatic hydroxyl groups excluding tert-OH is 1. The van der Waals surface area contributed by atoms with Crippen molar-refractivity contribution in [1.82, 2.24) is 14.9 Å². The average molecular weight is 428 g/mol. The minimum absolute atomic E-state index is 0.0358. The summed E-state index contributed by atoms with van der Waals surface area (Å²) in [6, 6.07) is 16.5. The van der Waals surface area contributed by atoms with Gasteiger partial charge in [0, 0.05) is 37.0 Å². The van der Waals surface area contributed by atoms with Gasteiger partial charge in [0.15, 0.2) is 0 Å². The van der Waals surface area contributed by atoms with E-state index in [1.54, 1.807) is 48.3 Å². The summed E-state index contributed by atoms with van der Waals surface area (Å²) in [7, 11) is 1.58. The number of nitrogens with zero attached hydrogens (tertiary/aromatic N) is 2. The lowest BCUT2D eigenvalue weighted by Crippen LogP contribution is -2.22. The lowest BCUT2D eigenvalue weighted by molar-refractivity contribution is 0.0963. The molecule has 0 spiro atoms. The lowest BCUT2D eigenvalue weighted by atomic mass is 9.99. The second kappa shape index (κ2) is 9.03. The van der Waals surface area contributed by atoms with Crippen molar-refractivity contribution >= 4 is 22.5 Å². The van der Waals surface area contributed by atoms with Gasteiger partial charge in [0.05, 0.1) is 6.54 Å². The molecule has 0 fully saturated rings. The number of hydrogen-bond donors (Lipinski definition) is 3. The summed E-state index contributed by atoms with van der Waals surface area (Å²) in [5, 5.41) is 13.6. The van der Waals surface area contributed by atoms with Crippen molar-refractivity contribution in [2.45, 2.75) is 13.0 Å². The first-order valence-electron chi connectivity index (χ1n) is 10.3. The van der Waals surface area contributed by atoms with Crippen molar-refractivity contribution in [3.63, 3.8) is 0 Å². The third-order valence-electron chi connectivity index (χ3n) is 5.43. The number of nitrogens with two attached hydrogens (primary N) is 1. The van der Waals surface area contributed by atoms with Crippen LogP contribution < -0.4 is 16.6 Å². The van der Waals surface area contributed by atoms with Crippen molar-refractivity contribution in [3.05, 3.63) is 94.0 Å². The van der Waals surface area contributed by atoms with Crippen molar-refractivity contribution in [1.29, 1.82) is 0 Å². The zero-order valence-corrected chi connectivity index (χ0v) is 17.7. The highest BCUT2D eigenvalue weighted by Crippen LogP contribution is 2.26. The number of carbonyl (C=O) groups is 1. The molecule has 2 aromatic heterocycles. The van der Waals surface area contributed by atoms with E-state index >= 15 is 0 Å². The smallest absolute Gasteiger partial charge is 0.258 e. The molecule has 0 unspecified atom stereocenters. The standard InChI is InChI=1S/C25H24N4O3/c1-27-24(31)19-4-2-3-16(11-19)14-29-15-20(8-10-30)22-12-17(5-6-21(22)25(29)32)18-7-9-28-23(26)13-18/h2-7,9,11-13,15,30H,8,10,14H2,1H3,(H2,26,28)(H,27,31). The largest absolute Gasteiger partial charge is 0.396 e.